The lowest BCUT2D eigenvalue weighted by Crippen LogP contribution is -2.44. The number of carbonyl (C=O) groups excluding carboxylic acids is 2. The van der Waals surface area contributed by atoms with Crippen LogP contribution in [0, 0.1) is 0 Å². The zero-order chi connectivity index (χ0) is 23.1. The molecule has 32 heavy (non-hydrogen) atoms. The number of hydrogen-bond acceptors (Lipinski definition) is 7. The van der Waals surface area contributed by atoms with Crippen molar-refractivity contribution in [3.05, 3.63) is 65.5 Å². The van der Waals surface area contributed by atoms with Gasteiger partial charge in [-0.1, -0.05) is 30.3 Å². The number of thiazole rings is 1. The second-order valence-corrected chi connectivity index (χ2v) is 10.9. The van der Waals surface area contributed by atoms with E-state index >= 15 is 0 Å². The molecular weight excluding hydrogens is 466 g/mol. The van der Waals surface area contributed by atoms with Gasteiger partial charge in [0.15, 0.2) is 15.0 Å². The maximum atomic E-state index is 12.9. The SMILES string of the molecule is CSCC[C@H](NC(=O)c1ccc(S(C)(=O)=O)cc1)C(=O)Nc1nc(-c2ccccc2)cs1. The lowest BCUT2D eigenvalue weighted by molar-refractivity contribution is -0.118. The number of aromatic nitrogens is 1. The number of sulfone groups is 1. The van der Waals surface area contributed by atoms with Crippen molar-refractivity contribution in [2.45, 2.75) is 17.4 Å². The molecule has 0 aliphatic heterocycles. The van der Waals surface area contributed by atoms with E-state index in [-0.39, 0.29) is 16.4 Å². The summed E-state index contributed by atoms with van der Waals surface area (Å²) < 4.78 is 23.2. The number of rotatable bonds is 9. The highest BCUT2D eigenvalue weighted by Gasteiger charge is 2.22. The van der Waals surface area contributed by atoms with Gasteiger partial charge in [0.25, 0.3) is 5.91 Å². The molecule has 7 nitrogen and oxygen atoms in total. The largest absolute Gasteiger partial charge is 0.340 e. The summed E-state index contributed by atoms with van der Waals surface area (Å²) in [6.07, 6.45) is 3.47. The molecule has 0 bridgehead atoms. The van der Waals surface area contributed by atoms with Crippen LogP contribution in [-0.4, -0.2) is 49.5 Å². The van der Waals surface area contributed by atoms with Crippen molar-refractivity contribution in [1.29, 1.82) is 0 Å². The third kappa shape index (κ3) is 6.41. The maximum Gasteiger partial charge on any atom is 0.251 e. The van der Waals surface area contributed by atoms with Crippen molar-refractivity contribution >= 4 is 49.9 Å². The zero-order valence-corrected chi connectivity index (χ0v) is 20.0. The van der Waals surface area contributed by atoms with Gasteiger partial charge in [-0.25, -0.2) is 13.4 Å². The molecule has 2 aromatic carbocycles. The topological polar surface area (TPSA) is 105 Å². The third-order valence-corrected chi connectivity index (χ3v) is 7.11. The Bertz CT molecular complexity index is 1180. The van der Waals surface area contributed by atoms with Gasteiger partial charge >= 0.3 is 0 Å². The van der Waals surface area contributed by atoms with Gasteiger partial charge in [0.05, 0.1) is 10.6 Å². The molecule has 0 saturated heterocycles. The molecule has 0 unspecified atom stereocenters. The van der Waals surface area contributed by atoms with Crippen LogP contribution in [0.15, 0.2) is 64.9 Å². The van der Waals surface area contributed by atoms with Gasteiger partial charge in [0.1, 0.15) is 6.04 Å². The number of anilines is 1. The smallest absolute Gasteiger partial charge is 0.251 e. The maximum absolute atomic E-state index is 12.9. The van der Waals surface area contributed by atoms with Gasteiger partial charge in [-0.2, -0.15) is 11.8 Å². The highest BCUT2D eigenvalue weighted by atomic mass is 32.2. The minimum absolute atomic E-state index is 0.128. The lowest BCUT2D eigenvalue weighted by atomic mass is 10.1. The van der Waals surface area contributed by atoms with E-state index in [2.05, 4.69) is 15.6 Å². The Balaban J connectivity index is 1.69. The summed E-state index contributed by atoms with van der Waals surface area (Å²) in [5.41, 5.74) is 2.00. The minimum atomic E-state index is -3.35. The van der Waals surface area contributed by atoms with Gasteiger partial charge in [0, 0.05) is 22.8 Å². The zero-order valence-electron chi connectivity index (χ0n) is 17.6. The van der Waals surface area contributed by atoms with Crippen molar-refractivity contribution in [1.82, 2.24) is 10.3 Å². The molecule has 1 heterocycles. The summed E-state index contributed by atoms with van der Waals surface area (Å²) in [7, 11) is -3.35. The molecule has 1 atom stereocenters. The molecule has 3 rings (SSSR count). The molecular formula is C22H23N3O4S3. The molecule has 0 fully saturated rings. The molecule has 0 spiro atoms. The third-order valence-electron chi connectivity index (χ3n) is 4.58. The number of nitrogens with one attached hydrogen (secondary N) is 2. The summed E-state index contributed by atoms with van der Waals surface area (Å²) in [5.74, 6) is -0.122. The summed E-state index contributed by atoms with van der Waals surface area (Å²) in [5, 5.41) is 7.86. The summed E-state index contributed by atoms with van der Waals surface area (Å²) in [6.45, 7) is 0. The van der Waals surface area contributed by atoms with Gasteiger partial charge in [-0.3, -0.25) is 9.59 Å². The first-order valence-electron chi connectivity index (χ1n) is 9.69. The Hall–Kier alpha value is -2.69. The van der Waals surface area contributed by atoms with Crippen molar-refractivity contribution in [2.24, 2.45) is 0 Å². The van der Waals surface area contributed by atoms with Crippen molar-refractivity contribution in [3.8, 4) is 11.3 Å². The first-order chi connectivity index (χ1) is 15.3. The second kappa shape index (κ2) is 10.8. The van der Waals surface area contributed by atoms with Crippen LogP contribution < -0.4 is 10.6 Å². The van der Waals surface area contributed by atoms with Gasteiger partial charge < -0.3 is 10.6 Å². The fourth-order valence-corrected chi connectivity index (χ4v) is 4.69. The fourth-order valence-electron chi connectivity index (χ4n) is 2.86. The Morgan fingerprint density at radius 2 is 1.78 bits per heavy atom. The number of thioether (sulfide) groups is 1. The molecule has 0 aliphatic rings. The van der Waals surface area contributed by atoms with E-state index in [0.29, 0.717) is 17.3 Å². The van der Waals surface area contributed by atoms with E-state index in [0.717, 1.165) is 17.5 Å². The highest BCUT2D eigenvalue weighted by molar-refractivity contribution is 7.98. The number of hydrogen-bond donors (Lipinski definition) is 2. The second-order valence-electron chi connectivity index (χ2n) is 7.00. The van der Waals surface area contributed by atoms with E-state index in [9.17, 15) is 18.0 Å². The lowest BCUT2D eigenvalue weighted by Gasteiger charge is -2.17. The summed E-state index contributed by atoms with van der Waals surface area (Å²) in [4.78, 5) is 30.1. The number of benzene rings is 2. The quantitative estimate of drug-likeness (QED) is 0.475. The molecule has 0 radical (unpaired) electrons. The Morgan fingerprint density at radius 3 is 2.41 bits per heavy atom. The van der Waals surface area contributed by atoms with Crippen LogP contribution in [0.1, 0.15) is 16.8 Å². The Kier molecular flexibility index (Phi) is 8.05. The van der Waals surface area contributed by atoms with Crippen molar-refractivity contribution in [3.63, 3.8) is 0 Å². The Morgan fingerprint density at radius 1 is 1.09 bits per heavy atom. The molecule has 1 aromatic heterocycles. The number of amides is 2. The van der Waals surface area contributed by atoms with Crippen LogP contribution in [-0.2, 0) is 14.6 Å². The monoisotopic (exact) mass is 489 g/mol. The number of carbonyl (C=O) groups is 2. The Labute approximate surface area is 195 Å². The first kappa shape index (κ1) is 24.0. The molecule has 0 aliphatic carbocycles. The first-order valence-corrected chi connectivity index (χ1v) is 13.9. The molecule has 3 aromatic rings. The average molecular weight is 490 g/mol. The van der Waals surface area contributed by atoms with E-state index in [4.69, 9.17) is 0 Å². The van der Waals surface area contributed by atoms with Crippen LogP contribution >= 0.6 is 23.1 Å². The molecule has 10 heteroatoms. The summed E-state index contributed by atoms with van der Waals surface area (Å²) in [6, 6.07) is 14.5. The molecule has 2 N–H and O–H groups in total. The van der Waals surface area contributed by atoms with E-state index in [1.54, 1.807) is 11.8 Å². The fraction of sp³-hybridized carbons (Fsp3) is 0.227. The van der Waals surface area contributed by atoms with E-state index in [1.807, 2.05) is 42.0 Å². The number of nitrogens with zero attached hydrogens (tertiary/aromatic N) is 1. The van der Waals surface area contributed by atoms with Crippen LogP contribution in [0.2, 0.25) is 0 Å². The highest BCUT2D eigenvalue weighted by Crippen LogP contribution is 2.24. The van der Waals surface area contributed by atoms with Crippen LogP contribution in [0.5, 0.6) is 0 Å². The van der Waals surface area contributed by atoms with Crippen molar-refractivity contribution < 1.29 is 18.0 Å². The van der Waals surface area contributed by atoms with Crippen LogP contribution in [0.3, 0.4) is 0 Å². The molecule has 168 valence electrons. The van der Waals surface area contributed by atoms with Gasteiger partial charge in [-0.15, -0.1) is 11.3 Å². The predicted octanol–water partition coefficient (Wildman–Crippen LogP) is 3.70. The van der Waals surface area contributed by atoms with E-state index < -0.39 is 21.8 Å². The van der Waals surface area contributed by atoms with Crippen molar-refractivity contribution in [2.75, 3.05) is 23.6 Å². The van der Waals surface area contributed by atoms with E-state index in [1.165, 1.54) is 35.6 Å². The molecule has 2 amide bonds. The molecule has 0 saturated carbocycles. The van der Waals surface area contributed by atoms with Gasteiger partial charge in [-0.05, 0) is 42.7 Å². The average Bonchev–Trinajstić information content (AvgIpc) is 3.25. The van der Waals surface area contributed by atoms with Gasteiger partial charge in [0.2, 0.25) is 5.91 Å². The van der Waals surface area contributed by atoms with Crippen LogP contribution in [0.25, 0.3) is 11.3 Å². The minimum Gasteiger partial charge on any atom is -0.340 e. The van der Waals surface area contributed by atoms with Crippen LogP contribution in [0.4, 0.5) is 5.13 Å². The predicted molar refractivity (Wildman–Crippen MR) is 130 cm³/mol. The summed E-state index contributed by atoms with van der Waals surface area (Å²) >= 11 is 2.89. The normalized spacial score (nSPS) is 12.2. The standard InChI is InChI=1S/C22H23N3O4S3/c1-30-13-12-18(23-20(26)16-8-10-17(11-9-16)32(2,28)29)21(27)25-22-24-19(14-31-22)15-6-4-3-5-7-15/h3-11,14,18H,12-13H2,1-2H3,(H,23,26)(H,24,25,27)/t18-/m0/s1.